The van der Waals surface area contributed by atoms with Gasteiger partial charge in [0.05, 0.1) is 0 Å². The van der Waals surface area contributed by atoms with Crippen molar-refractivity contribution in [1.29, 1.82) is 0 Å². The van der Waals surface area contributed by atoms with E-state index in [1.54, 1.807) is 23.6 Å². The molecular formula is C16H20FN3S. The maximum Gasteiger partial charge on any atom is 0.165 e. The van der Waals surface area contributed by atoms with E-state index >= 15 is 0 Å². The van der Waals surface area contributed by atoms with Gasteiger partial charge in [0.25, 0.3) is 0 Å². The van der Waals surface area contributed by atoms with Crippen molar-refractivity contribution >= 4 is 17.2 Å². The van der Waals surface area contributed by atoms with E-state index in [4.69, 9.17) is 0 Å². The van der Waals surface area contributed by atoms with Crippen LogP contribution in [0.1, 0.15) is 18.9 Å². The molecule has 2 atom stereocenters. The molecule has 0 amide bonds. The van der Waals surface area contributed by atoms with Crippen molar-refractivity contribution in [1.82, 2.24) is 10.3 Å². The third-order valence-electron chi connectivity index (χ3n) is 3.87. The van der Waals surface area contributed by atoms with E-state index < -0.39 is 0 Å². The molecule has 0 saturated carbocycles. The van der Waals surface area contributed by atoms with Gasteiger partial charge in [-0.15, -0.1) is 0 Å². The minimum atomic E-state index is -0.232. The molecule has 1 saturated heterocycles. The van der Waals surface area contributed by atoms with E-state index in [1.165, 1.54) is 11.6 Å². The molecule has 0 aliphatic carbocycles. The third-order valence-corrected chi connectivity index (χ3v) is 4.60. The summed E-state index contributed by atoms with van der Waals surface area (Å²) in [4.78, 5) is 6.19. The first-order chi connectivity index (χ1) is 10.2. The highest BCUT2D eigenvalue weighted by Crippen LogP contribution is 2.21. The lowest BCUT2D eigenvalue weighted by Gasteiger charge is -2.21. The monoisotopic (exact) mass is 305 g/mol. The van der Waals surface area contributed by atoms with Gasteiger partial charge in [0, 0.05) is 31.4 Å². The fraction of sp³-hybridized carbons (Fsp3) is 0.438. The van der Waals surface area contributed by atoms with Crippen LogP contribution < -0.4 is 10.2 Å². The highest BCUT2D eigenvalue weighted by atomic mass is 32.1. The van der Waals surface area contributed by atoms with Crippen molar-refractivity contribution in [3.05, 3.63) is 46.5 Å². The molecule has 3 rings (SSSR count). The Hall–Kier alpha value is -1.46. The number of anilines is 1. The number of halogens is 1. The van der Waals surface area contributed by atoms with Crippen LogP contribution in [0.2, 0.25) is 0 Å². The summed E-state index contributed by atoms with van der Waals surface area (Å²) in [5, 5.41) is 7.96. The largest absolute Gasteiger partial charge is 0.353 e. The lowest BCUT2D eigenvalue weighted by Crippen LogP contribution is -2.39. The Morgan fingerprint density at radius 3 is 3.19 bits per heavy atom. The van der Waals surface area contributed by atoms with Crippen LogP contribution in [0.4, 0.5) is 10.2 Å². The lowest BCUT2D eigenvalue weighted by atomic mass is 10.1. The van der Waals surface area contributed by atoms with Crippen molar-refractivity contribution in [3.63, 3.8) is 0 Å². The maximum absolute atomic E-state index is 13.8. The Morgan fingerprint density at radius 2 is 2.43 bits per heavy atom. The molecule has 2 aromatic rings. The van der Waals surface area contributed by atoms with E-state index in [0.29, 0.717) is 17.9 Å². The number of pyridine rings is 1. The molecule has 3 heterocycles. The molecule has 21 heavy (non-hydrogen) atoms. The third kappa shape index (κ3) is 3.60. The van der Waals surface area contributed by atoms with Crippen LogP contribution in [-0.2, 0) is 6.42 Å². The highest BCUT2D eigenvalue weighted by Gasteiger charge is 2.26. The van der Waals surface area contributed by atoms with Gasteiger partial charge >= 0.3 is 0 Å². The molecule has 112 valence electrons. The highest BCUT2D eigenvalue weighted by molar-refractivity contribution is 7.07. The van der Waals surface area contributed by atoms with Crippen LogP contribution in [0.3, 0.4) is 0 Å². The molecule has 5 heteroatoms. The van der Waals surface area contributed by atoms with Crippen LogP contribution in [0, 0.1) is 5.82 Å². The van der Waals surface area contributed by atoms with E-state index in [2.05, 4.69) is 34.1 Å². The minimum absolute atomic E-state index is 0.232. The number of rotatable bonds is 5. The summed E-state index contributed by atoms with van der Waals surface area (Å²) in [6.45, 7) is 3.89. The first kappa shape index (κ1) is 14.5. The van der Waals surface area contributed by atoms with Gasteiger partial charge in [-0.2, -0.15) is 11.3 Å². The predicted molar refractivity (Wildman–Crippen MR) is 85.4 cm³/mol. The SMILES string of the molecule is CC(Cc1ccsc1)NC1CCN(c2ncccc2F)C1. The summed E-state index contributed by atoms with van der Waals surface area (Å²) in [7, 11) is 0. The molecule has 0 spiro atoms. The van der Waals surface area contributed by atoms with E-state index in [0.717, 1.165) is 25.9 Å². The van der Waals surface area contributed by atoms with Gasteiger partial charge < -0.3 is 10.2 Å². The summed E-state index contributed by atoms with van der Waals surface area (Å²) in [5.41, 5.74) is 1.38. The quantitative estimate of drug-likeness (QED) is 0.920. The standard InChI is InChI=1S/C16H20FN3S/c1-12(9-13-5-8-21-11-13)19-14-4-7-20(10-14)16-15(17)3-2-6-18-16/h2-3,5-6,8,11-12,14,19H,4,7,9-10H2,1H3. The summed E-state index contributed by atoms with van der Waals surface area (Å²) >= 11 is 1.74. The first-order valence-electron chi connectivity index (χ1n) is 7.35. The van der Waals surface area contributed by atoms with Crippen LogP contribution in [-0.4, -0.2) is 30.2 Å². The molecular weight excluding hydrogens is 285 g/mol. The average Bonchev–Trinajstić information content (AvgIpc) is 3.11. The Kier molecular flexibility index (Phi) is 4.51. The second-order valence-corrected chi connectivity index (χ2v) is 6.42. The van der Waals surface area contributed by atoms with Crippen LogP contribution in [0.15, 0.2) is 35.2 Å². The van der Waals surface area contributed by atoms with Crippen molar-refractivity contribution in [3.8, 4) is 0 Å². The van der Waals surface area contributed by atoms with Gasteiger partial charge in [-0.05, 0) is 54.3 Å². The van der Waals surface area contributed by atoms with Gasteiger partial charge in [-0.3, -0.25) is 0 Å². The average molecular weight is 305 g/mol. The van der Waals surface area contributed by atoms with Gasteiger partial charge in [0.2, 0.25) is 0 Å². The molecule has 1 N–H and O–H groups in total. The fourth-order valence-electron chi connectivity index (χ4n) is 2.92. The smallest absolute Gasteiger partial charge is 0.165 e. The summed E-state index contributed by atoms with van der Waals surface area (Å²) < 4.78 is 13.8. The molecule has 1 aliphatic rings. The van der Waals surface area contributed by atoms with E-state index in [9.17, 15) is 4.39 Å². The topological polar surface area (TPSA) is 28.2 Å². The number of nitrogens with zero attached hydrogens (tertiary/aromatic N) is 2. The summed E-state index contributed by atoms with van der Waals surface area (Å²) in [6, 6.07) is 6.11. The van der Waals surface area contributed by atoms with Gasteiger partial charge in [-0.1, -0.05) is 0 Å². The fourth-order valence-corrected chi connectivity index (χ4v) is 3.60. The molecule has 0 radical (unpaired) electrons. The van der Waals surface area contributed by atoms with Crippen LogP contribution in [0.25, 0.3) is 0 Å². The lowest BCUT2D eigenvalue weighted by molar-refractivity contribution is 0.466. The van der Waals surface area contributed by atoms with Crippen molar-refractivity contribution in [2.24, 2.45) is 0 Å². The Morgan fingerprint density at radius 1 is 1.52 bits per heavy atom. The molecule has 1 fully saturated rings. The second kappa shape index (κ2) is 6.54. The van der Waals surface area contributed by atoms with Crippen molar-refractivity contribution < 1.29 is 4.39 Å². The maximum atomic E-state index is 13.8. The number of hydrogen-bond acceptors (Lipinski definition) is 4. The zero-order valence-electron chi connectivity index (χ0n) is 12.1. The minimum Gasteiger partial charge on any atom is -0.353 e. The van der Waals surface area contributed by atoms with Gasteiger partial charge in [-0.25, -0.2) is 9.37 Å². The van der Waals surface area contributed by atoms with Crippen LogP contribution >= 0.6 is 11.3 Å². The molecule has 1 aliphatic heterocycles. The molecule has 0 aromatic carbocycles. The molecule has 0 bridgehead atoms. The van der Waals surface area contributed by atoms with Gasteiger partial charge in [0.15, 0.2) is 11.6 Å². The summed E-state index contributed by atoms with van der Waals surface area (Å²) in [5.74, 6) is 0.247. The number of aromatic nitrogens is 1. The summed E-state index contributed by atoms with van der Waals surface area (Å²) in [6.07, 6.45) is 3.72. The van der Waals surface area contributed by atoms with Crippen molar-refractivity contribution in [2.75, 3.05) is 18.0 Å². The zero-order chi connectivity index (χ0) is 14.7. The molecule has 2 aromatic heterocycles. The van der Waals surface area contributed by atoms with Gasteiger partial charge in [0.1, 0.15) is 0 Å². The van der Waals surface area contributed by atoms with Crippen LogP contribution in [0.5, 0.6) is 0 Å². The van der Waals surface area contributed by atoms with Crippen molar-refractivity contribution in [2.45, 2.75) is 31.8 Å². The first-order valence-corrected chi connectivity index (χ1v) is 8.29. The number of hydrogen-bond donors (Lipinski definition) is 1. The Labute approximate surface area is 128 Å². The predicted octanol–water partition coefficient (Wildman–Crippen LogP) is 3.08. The zero-order valence-corrected chi connectivity index (χ0v) is 12.9. The number of nitrogens with one attached hydrogen (secondary N) is 1. The Bertz CT molecular complexity index is 573. The second-order valence-electron chi connectivity index (χ2n) is 5.64. The molecule has 3 nitrogen and oxygen atoms in total. The Balaban J connectivity index is 1.54. The van der Waals surface area contributed by atoms with E-state index in [-0.39, 0.29) is 5.82 Å². The normalized spacial score (nSPS) is 19.9. The van der Waals surface area contributed by atoms with E-state index in [1.807, 2.05) is 4.90 Å². The molecule has 2 unspecified atom stereocenters. The number of thiophene rings is 1.